The molecular weight excluding hydrogens is 509 g/mol. The summed E-state index contributed by atoms with van der Waals surface area (Å²) in [5.41, 5.74) is -1.58. The molecule has 4 nitrogen and oxygen atoms in total. The van der Waals surface area contributed by atoms with Gasteiger partial charge in [0, 0.05) is 16.5 Å². The number of aromatic nitrogens is 1. The summed E-state index contributed by atoms with van der Waals surface area (Å²) >= 11 is 8.79. The second-order valence-corrected chi connectivity index (χ2v) is 8.99. The minimum Gasteiger partial charge on any atom is -0.335 e. The minimum atomic E-state index is -4.89. The van der Waals surface area contributed by atoms with Crippen LogP contribution in [-0.4, -0.2) is 10.7 Å². The number of halogens is 5. The second-order valence-electron chi connectivity index (χ2n) is 7.76. The van der Waals surface area contributed by atoms with Gasteiger partial charge in [-0.3, -0.25) is 0 Å². The Labute approximate surface area is 195 Å². The Morgan fingerprint density at radius 3 is 2.41 bits per heavy atom. The fraction of sp³-hybridized carbons (Fsp3) is 0.217. The first-order valence-electron chi connectivity index (χ1n) is 9.53. The molecule has 4 rings (SSSR count). The molecule has 1 saturated carbocycles. The van der Waals surface area contributed by atoms with Gasteiger partial charge in [-0.15, -0.1) is 0 Å². The normalized spacial score (nSPS) is 20.0. The minimum absolute atomic E-state index is 0.168. The molecule has 1 fully saturated rings. The van der Waals surface area contributed by atoms with Gasteiger partial charge >= 0.3 is 12.1 Å². The molecule has 2 unspecified atom stereocenters. The standard InChI is InChI=1S/C23H15BrClF3N2O2/c1-22(11-17(22)13-5-3-2-4-6-13)21(31)32-30-19(14-7-9-15(25)10-8-14)16(12-29)18(24)20(30)23(26,27)28/h2-10,17H,11H2,1H3. The molecule has 0 amide bonds. The van der Waals surface area contributed by atoms with E-state index in [0.717, 1.165) is 5.56 Å². The lowest BCUT2D eigenvalue weighted by atomic mass is 10.0. The Bertz CT molecular complexity index is 1230. The van der Waals surface area contributed by atoms with Crippen molar-refractivity contribution in [3.05, 3.63) is 80.9 Å². The van der Waals surface area contributed by atoms with Crippen molar-refractivity contribution < 1.29 is 22.8 Å². The van der Waals surface area contributed by atoms with Crippen molar-refractivity contribution in [3.63, 3.8) is 0 Å². The molecule has 0 saturated heterocycles. The van der Waals surface area contributed by atoms with E-state index in [-0.39, 0.29) is 22.7 Å². The topological polar surface area (TPSA) is 55.0 Å². The van der Waals surface area contributed by atoms with E-state index in [9.17, 15) is 23.2 Å². The van der Waals surface area contributed by atoms with Gasteiger partial charge in [-0.2, -0.15) is 23.2 Å². The maximum Gasteiger partial charge on any atom is 0.435 e. The highest BCUT2D eigenvalue weighted by Gasteiger charge is 2.59. The van der Waals surface area contributed by atoms with Crippen LogP contribution >= 0.6 is 27.5 Å². The molecule has 0 N–H and O–H groups in total. The van der Waals surface area contributed by atoms with E-state index in [4.69, 9.17) is 16.4 Å². The number of benzene rings is 2. The van der Waals surface area contributed by atoms with Gasteiger partial charge in [0.15, 0.2) is 5.69 Å². The summed E-state index contributed by atoms with van der Waals surface area (Å²) in [6.07, 6.45) is -4.44. The van der Waals surface area contributed by atoms with Crippen molar-refractivity contribution in [1.82, 2.24) is 4.73 Å². The smallest absolute Gasteiger partial charge is 0.335 e. The maximum atomic E-state index is 14.0. The third kappa shape index (κ3) is 3.80. The average molecular weight is 524 g/mol. The highest BCUT2D eigenvalue weighted by molar-refractivity contribution is 9.10. The Hall–Kier alpha value is -2.76. The van der Waals surface area contributed by atoms with Gasteiger partial charge in [0.25, 0.3) is 0 Å². The van der Waals surface area contributed by atoms with Crippen molar-refractivity contribution in [3.8, 4) is 17.3 Å². The number of hydrogen-bond donors (Lipinski definition) is 0. The zero-order valence-electron chi connectivity index (χ0n) is 16.6. The SMILES string of the molecule is CC1(C(=O)On2c(-c3ccc(Cl)cc3)c(C#N)c(Br)c2C(F)(F)F)CC1c1ccccc1. The van der Waals surface area contributed by atoms with Gasteiger partial charge in [-0.25, -0.2) is 4.79 Å². The van der Waals surface area contributed by atoms with Crippen LogP contribution in [0.5, 0.6) is 0 Å². The van der Waals surface area contributed by atoms with Crippen molar-refractivity contribution in [2.24, 2.45) is 5.41 Å². The van der Waals surface area contributed by atoms with Crippen LogP contribution in [-0.2, 0) is 11.0 Å². The third-order valence-corrected chi connectivity index (χ3v) is 6.67. The molecule has 1 heterocycles. The van der Waals surface area contributed by atoms with Crippen molar-refractivity contribution in [2.75, 3.05) is 0 Å². The number of nitriles is 1. The van der Waals surface area contributed by atoms with Gasteiger partial charge in [0.1, 0.15) is 11.8 Å². The molecule has 3 aromatic rings. The molecule has 1 aliphatic rings. The number of rotatable bonds is 4. The number of nitrogens with zero attached hydrogens (tertiary/aromatic N) is 2. The lowest BCUT2D eigenvalue weighted by Gasteiger charge is -2.18. The van der Waals surface area contributed by atoms with E-state index in [0.29, 0.717) is 16.2 Å². The first-order chi connectivity index (χ1) is 15.1. The second kappa shape index (κ2) is 7.98. The first-order valence-corrected chi connectivity index (χ1v) is 10.7. The Morgan fingerprint density at radius 1 is 1.22 bits per heavy atom. The van der Waals surface area contributed by atoms with Crippen LogP contribution in [0.15, 0.2) is 59.1 Å². The fourth-order valence-electron chi connectivity index (χ4n) is 3.78. The summed E-state index contributed by atoms with van der Waals surface area (Å²) < 4.78 is 41.8. The van der Waals surface area contributed by atoms with Crippen molar-refractivity contribution in [2.45, 2.75) is 25.4 Å². The summed E-state index contributed by atoms with van der Waals surface area (Å²) in [6, 6.07) is 16.9. The predicted octanol–water partition coefficient (Wildman–Crippen LogP) is 6.61. The summed E-state index contributed by atoms with van der Waals surface area (Å²) in [4.78, 5) is 18.4. The quantitative estimate of drug-likeness (QED) is 0.387. The molecule has 32 heavy (non-hydrogen) atoms. The van der Waals surface area contributed by atoms with Crippen molar-refractivity contribution >= 4 is 33.5 Å². The maximum absolute atomic E-state index is 14.0. The van der Waals surface area contributed by atoms with E-state index in [1.54, 1.807) is 13.0 Å². The van der Waals surface area contributed by atoms with Crippen LogP contribution in [0.25, 0.3) is 11.3 Å². The zero-order chi connectivity index (χ0) is 23.3. The summed E-state index contributed by atoms with van der Waals surface area (Å²) in [5, 5.41) is 9.96. The van der Waals surface area contributed by atoms with Gasteiger partial charge in [0.2, 0.25) is 0 Å². The number of alkyl halides is 3. The monoisotopic (exact) mass is 522 g/mol. The molecule has 2 aromatic carbocycles. The number of carbonyl (C=O) groups is 1. The molecular formula is C23H15BrClF3N2O2. The first kappa shape index (κ1) is 22.4. The van der Waals surface area contributed by atoms with E-state index < -0.39 is 27.7 Å². The Balaban J connectivity index is 1.80. The van der Waals surface area contributed by atoms with E-state index in [1.807, 2.05) is 30.3 Å². The lowest BCUT2D eigenvalue weighted by molar-refractivity contribution is -0.163. The molecule has 0 bridgehead atoms. The number of carbonyl (C=O) groups excluding carboxylic acids is 1. The molecule has 164 valence electrons. The largest absolute Gasteiger partial charge is 0.435 e. The molecule has 1 aromatic heterocycles. The molecule has 2 atom stereocenters. The van der Waals surface area contributed by atoms with Crippen LogP contribution in [0.2, 0.25) is 5.02 Å². The van der Waals surface area contributed by atoms with Gasteiger partial charge < -0.3 is 4.84 Å². The highest BCUT2D eigenvalue weighted by atomic mass is 79.9. The zero-order valence-corrected chi connectivity index (χ0v) is 18.9. The van der Waals surface area contributed by atoms with Crippen LogP contribution in [0.3, 0.4) is 0 Å². The average Bonchev–Trinajstić information content (AvgIpc) is 3.36. The predicted molar refractivity (Wildman–Crippen MR) is 116 cm³/mol. The van der Waals surface area contributed by atoms with E-state index >= 15 is 0 Å². The van der Waals surface area contributed by atoms with Gasteiger partial charge in [-0.1, -0.05) is 54.1 Å². The van der Waals surface area contributed by atoms with Crippen LogP contribution in [0.1, 0.15) is 36.1 Å². The van der Waals surface area contributed by atoms with Crippen molar-refractivity contribution in [1.29, 1.82) is 5.26 Å². The van der Waals surface area contributed by atoms with Crippen LogP contribution in [0.4, 0.5) is 13.2 Å². The van der Waals surface area contributed by atoms with Crippen LogP contribution < -0.4 is 4.84 Å². The van der Waals surface area contributed by atoms with Crippen LogP contribution in [0, 0.1) is 16.7 Å². The lowest BCUT2D eigenvalue weighted by Crippen LogP contribution is -2.31. The highest BCUT2D eigenvalue weighted by Crippen LogP contribution is 2.59. The molecule has 9 heteroatoms. The summed E-state index contributed by atoms with van der Waals surface area (Å²) in [6.45, 7) is 1.66. The van der Waals surface area contributed by atoms with Gasteiger partial charge in [0.05, 0.1) is 15.5 Å². The molecule has 0 spiro atoms. The van der Waals surface area contributed by atoms with E-state index in [2.05, 4.69) is 15.9 Å². The van der Waals surface area contributed by atoms with Gasteiger partial charge in [-0.05, 0) is 47.0 Å². The Kier molecular flexibility index (Phi) is 5.60. The Morgan fingerprint density at radius 2 is 1.84 bits per heavy atom. The van der Waals surface area contributed by atoms with E-state index in [1.165, 1.54) is 24.3 Å². The summed E-state index contributed by atoms with van der Waals surface area (Å²) in [5.74, 6) is -0.974. The summed E-state index contributed by atoms with van der Waals surface area (Å²) in [7, 11) is 0. The third-order valence-electron chi connectivity index (χ3n) is 5.65. The molecule has 1 aliphatic carbocycles. The fourth-order valence-corrected chi connectivity index (χ4v) is 4.56. The molecule has 0 aliphatic heterocycles. The number of hydrogen-bond acceptors (Lipinski definition) is 3. The molecule has 0 radical (unpaired) electrons.